The molecule has 0 aromatic carbocycles. The van der Waals surface area contributed by atoms with E-state index < -0.39 is 137 Å². The molecule has 0 spiro atoms. The Bertz CT molecular complexity index is 1440. The van der Waals surface area contributed by atoms with Crippen LogP contribution in [0.2, 0.25) is 0 Å². The Morgan fingerprint density at radius 1 is 0.476 bits per heavy atom. The number of rotatable bonds is 20. The number of carbonyl (C=O) groups is 3. The van der Waals surface area contributed by atoms with Gasteiger partial charge in [0.2, 0.25) is 0 Å². The highest BCUT2D eigenvalue weighted by Crippen LogP contribution is 2.47. The van der Waals surface area contributed by atoms with Crippen LogP contribution >= 0.6 is 0 Å². The summed E-state index contributed by atoms with van der Waals surface area (Å²) in [5, 5.41) is 26.4. The fourth-order valence-electron chi connectivity index (χ4n) is 3.43. The molecule has 0 amide bonds. The minimum atomic E-state index is -5.90. The van der Waals surface area contributed by atoms with Crippen LogP contribution in [0.5, 0.6) is 0 Å². The van der Waals surface area contributed by atoms with Crippen molar-refractivity contribution in [1.82, 2.24) is 0 Å². The maximum Gasteiger partial charge on any atom is 0.426 e. The average molecular weight is 973 g/mol. The molecule has 0 saturated heterocycles. The lowest BCUT2D eigenvalue weighted by Crippen LogP contribution is -2.57. The normalized spacial score (nSPS) is 13.2. The molecule has 3 N–H and O–H groups in total. The van der Waals surface area contributed by atoms with Crippen LogP contribution in [0.15, 0.2) is 36.5 Å². The number of alkyl halides is 18. The monoisotopic (exact) mass is 972 g/mol. The minimum absolute atomic E-state index is 0.0275. The van der Waals surface area contributed by atoms with Gasteiger partial charge in [-0.1, -0.05) is 19.7 Å². The number of aliphatic hydroxyl groups is 3. The average Bonchev–Trinajstić information content (AvgIpc) is 3.10. The van der Waals surface area contributed by atoms with Crippen molar-refractivity contribution in [2.75, 3.05) is 53.4 Å². The van der Waals surface area contributed by atoms with Crippen molar-refractivity contribution in [3.63, 3.8) is 0 Å². The molecule has 0 aromatic heterocycles. The summed E-state index contributed by atoms with van der Waals surface area (Å²) in [7, 11) is 1.01. The van der Waals surface area contributed by atoms with E-state index in [1.54, 1.807) is 13.8 Å². The molecule has 0 bridgehead atoms. The summed E-state index contributed by atoms with van der Waals surface area (Å²) < 4.78 is 248. The highest BCUT2D eigenvalue weighted by atomic mass is 19.4. The Hall–Kier alpha value is -3.87. The van der Waals surface area contributed by atoms with E-state index in [2.05, 4.69) is 43.4 Å². The van der Waals surface area contributed by atoms with Gasteiger partial charge >= 0.3 is 55.0 Å². The summed E-state index contributed by atoms with van der Waals surface area (Å²) in [6.07, 6.45) is -41.1. The second-order valence-corrected chi connectivity index (χ2v) is 12.5. The van der Waals surface area contributed by atoms with Crippen LogP contribution in [-0.2, 0) is 42.8 Å². The summed E-state index contributed by atoms with van der Waals surface area (Å²) in [4.78, 5) is 33.1. The maximum absolute atomic E-state index is 12.3. The van der Waals surface area contributed by atoms with Gasteiger partial charge in [0.1, 0.15) is 0 Å². The Morgan fingerprint density at radius 3 is 0.921 bits per heavy atom. The molecule has 0 atom stereocenters. The molecule has 372 valence electrons. The molecule has 0 saturated carbocycles. The van der Waals surface area contributed by atoms with Crippen molar-refractivity contribution in [1.29, 1.82) is 0 Å². The number of methoxy groups -OCH3 is 1. The van der Waals surface area contributed by atoms with Gasteiger partial charge in [-0.05, 0) is 20.8 Å². The van der Waals surface area contributed by atoms with Crippen LogP contribution in [0.1, 0.15) is 40.0 Å². The van der Waals surface area contributed by atoms with E-state index in [4.69, 9.17) is 20.1 Å². The van der Waals surface area contributed by atoms with E-state index in [0.717, 1.165) is 7.11 Å². The van der Waals surface area contributed by atoms with E-state index in [-0.39, 0.29) is 23.3 Å². The third kappa shape index (κ3) is 20.2. The Kier molecular flexibility index (Phi) is 25.2. The number of hydrogen-bond donors (Lipinski definition) is 3. The van der Waals surface area contributed by atoms with Gasteiger partial charge in [0.15, 0.2) is 0 Å². The fourth-order valence-corrected chi connectivity index (χ4v) is 3.43. The predicted molar refractivity (Wildman–Crippen MR) is 175 cm³/mol. The van der Waals surface area contributed by atoms with Crippen molar-refractivity contribution in [2.45, 2.75) is 100.0 Å². The summed E-state index contributed by atoms with van der Waals surface area (Å²) in [5.41, 5.74) is -15.4. The van der Waals surface area contributed by atoms with Gasteiger partial charge in [0.25, 0.3) is 16.8 Å². The van der Waals surface area contributed by atoms with Gasteiger partial charge in [0.05, 0.1) is 76.2 Å². The quantitative estimate of drug-likeness (QED) is 0.0373. The Balaban J connectivity index is -0.000000858. The second kappa shape index (κ2) is 25.0. The van der Waals surface area contributed by atoms with Gasteiger partial charge in [-0.25, -0.2) is 14.4 Å². The molecule has 0 radical (unpaired) electrons. The SMILES string of the molecule is C=C(COCCC(O)(C(F)(F)F)C(F)(F)F)C(=O)OC.C=C(COCCC(O)(C(F)(F)F)C(F)(F)F)C(=O)OC(C)C.C=C(COCCC(O)(C(F)(F)F)C(F)(F)F)C(=O)OCC. The number of ether oxygens (including phenoxy) is 6. The van der Waals surface area contributed by atoms with Gasteiger partial charge < -0.3 is 43.7 Å². The molecule has 0 heterocycles. The first-order valence-corrected chi connectivity index (χ1v) is 16.8. The van der Waals surface area contributed by atoms with E-state index in [9.17, 15) is 93.4 Å². The van der Waals surface area contributed by atoms with Crippen LogP contribution in [0, 0.1) is 0 Å². The third-order valence-electron chi connectivity index (χ3n) is 7.14. The molecule has 0 fully saturated rings. The zero-order chi connectivity index (χ0) is 50.9. The lowest BCUT2D eigenvalue weighted by molar-refractivity contribution is -0.372. The van der Waals surface area contributed by atoms with Crippen LogP contribution in [-0.4, -0.2) is 147 Å². The summed E-state index contributed by atoms with van der Waals surface area (Å²) >= 11 is 0. The fraction of sp³-hybridized carbons (Fsp3) is 0.727. The highest BCUT2D eigenvalue weighted by Gasteiger charge is 2.71. The lowest BCUT2D eigenvalue weighted by atomic mass is 9.99. The molecule has 0 aromatic rings. The predicted octanol–water partition coefficient (Wildman–Crippen LogP) is 7.10. The smallest absolute Gasteiger partial charge is 0.426 e. The minimum Gasteiger partial charge on any atom is -0.466 e. The Labute approximate surface area is 345 Å². The van der Waals surface area contributed by atoms with Crippen LogP contribution in [0.25, 0.3) is 0 Å². The van der Waals surface area contributed by atoms with Crippen LogP contribution < -0.4 is 0 Å². The first-order chi connectivity index (χ1) is 28.0. The third-order valence-corrected chi connectivity index (χ3v) is 7.14. The zero-order valence-electron chi connectivity index (χ0n) is 33.1. The topological polar surface area (TPSA) is 167 Å². The first kappa shape index (κ1) is 63.4. The molecular formula is C33H42F18O12. The molecule has 63 heavy (non-hydrogen) atoms. The van der Waals surface area contributed by atoms with Crippen molar-refractivity contribution in [3.8, 4) is 0 Å². The van der Waals surface area contributed by atoms with Crippen molar-refractivity contribution in [2.24, 2.45) is 0 Å². The lowest BCUT2D eigenvalue weighted by Gasteiger charge is -2.32. The van der Waals surface area contributed by atoms with E-state index in [0.29, 0.717) is 0 Å². The molecule has 0 unspecified atom stereocenters. The summed E-state index contributed by atoms with van der Waals surface area (Å²) in [5.74, 6) is -2.66. The maximum atomic E-state index is 12.3. The second-order valence-electron chi connectivity index (χ2n) is 12.5. The molecule has 30 heteroatoms. The summed E-state index contributed by atoms with van der Waals surface area (Å²) in [6.45, 7) is 9.12. The Morgan fingerprint density at radius 2 is 0.714 bits per heavy atom. The largest absolute Gasteiger partial charge is 0.466 e. The molecule has 0 rings (SSSR count). The molecule has 12 nitrogen and oxygen atoms in total. The van der Waals surface area contributed by atoms with Crippen molar-refractivity contribution in [3.05, 3.63) is 36.5 Å². The van der Waals surface area contributed by atoms with Crippen molar-refractivity contribution < 1.29 is 137 Å². The molecular weight excluding hydrogens is 930 g/mol. The van der Waals surface area contributed by atoms with Gasteiger partial charge in [-0.15, -0.1) is 0 Å². The number of esters is 3. The highest BCUT2D eigenvalue weighted by molar-refractivity contribution is 5.88. The van der Waals surface area contributed by atoms with E-state index >= 15 is 0 Å². The molecule has 0 aliphatic rings. The van der Waals surface area contributed by atoms with Crippen LogP contribution in [0.4, 0.5) is 79.0 Å². The van der Waals surface area contributed by atoms with Crippen molar-refractivity contribution >= 4 is 17.9 Å². The number of halogens is 18. The van der Waals surface area contributed by atoms with Gasteiger partial charge in [-0.2, -0.15) is 79.0 Å². The molecule has 0 aliphatic carbocycles. The summed E-state index contributed by atoms with van der Waals surface area (Å²) in [6, 6.07) is 0. The van der Waals surface area contributed by atoms with E-state index in [1.807, 2.05) is 0 Å². The van der Waals surface area contributed by atoms with E-state index in [1.165, 1.54) is 6.92 Å². The van der Waals surface area contributed by atoms with Gasteiger partial charge in [0, 0.05) is 19.3 Å². The van der Waals surface area contributed by atoms with Crippen LogP contribution in [0.3, 0.4) is 0 Å². The van der Waals surface area contributed by atoms with Gasteiger partial charge in [-0.3, -0.25) is 0 Å². The molecule has 0 aliphatic heterocycles. The zero-order valence-corrected chi connectivity index (χ0v) is 33.1. The number of carbonyl (C=O) groups excluding carboxylic acids is 3. The first-order valence-electron chi connectivity index (χ1n) is 16.8. The standard InChI is InChI=1S/C12H16F6O4.C11H14F6O4.C10H12F6O4/c1-7(2)22-9(19)8(3)6-21-5-4-10(20,11(13,14)15)12(16,17)18;1-3-21-8(18)7(2)6-20-5-4-9(19,10(12,13)14)11(15,16)17;1-6(7(17)19-2)5-20-4-3-8(18,9(11,12)13)10(14,15)16/h7,20H,3-6H2,1-2H3;19H,2-6H2,1H3;18H,1,3-5H2,2H3. The number of hydrogen-bond acceptors (Lipinski definition) is 12.